The van der Waals surface area contributed by atoms with Crippen LogP contribution in [0.1, 0.15) is 36.6 Å². The monoisotopic (exact) mass is 394 g/mol. The van der Waals surface area contributed by atoms with E-state index in [4.69, 9.17) is 4.98 Å². The number of hydrogen-bond donors (Lipinski definition) is 5. The van der Waals surface area contributed by atoms with Crippen molar-refractivity contribution in [3.05, 3.63) is 53.7 Å². The Kier molecular flexibility index (Phi) is 4.13. The van der Waals surface area contributed by atoms with E-state index in [-0.39, 0.29) is 11.8 Å². The number of fused-ring (bicyclic) bond motifs is 1. The molecule has 1 fully saturated rings. The van der Waals surface area contributed by atoms with Gasteiger partial charge in [-0.2, -0.15) is 5.10 Å². The van der Waals surface area contributed by atoms with Crippen molar-refractivity contribution in [1.82, 2.24) is 30.8 Å². The van der Waals surface area contributed by atoms with Crippen LogP contribution in [0.15, 0.2) is 47.4 Å². The predicted octanol–water partition coefficient (Wildman–Crippen LogP) is 2.72. The second-order valence-electron chi connectivity index (χ2n) is 7.56. The molecule has 4 heterocycles. The van der Waals surface area contributed by atoms with Gasteiger partial charge in [-0.3, -0.25) is 15.4 Å². The van der Waals surface area contributed by atoms with Crippen molar-refractivity contribution in [2.45, 2.75) is 37.1 Å². The largest absolute Gasteiger partial charge is 0.360 e. The van der Waals surface area contributed by atoms with Gasteiger partial charge >= 0.3 is 0 Å². The van der Waals surface area contributed by atoms with Crippen LogP contribution in [0.25, 0.3) is 11.0 Å². The van der Waals surface area contributed by atoms with Crippen molar-refractivity contribution in [2.75, 3.05) is 12.4 Å². The molecular formula is C20H23FN8. The van der Waals surface area contributed by atoms with Crippen LogP contribution in [-0.4, -0.2) is 45.4 Å². The fraction of sp³-hybridized carbons (Fsp3) is 0.350. The zero-order valence-corrected chi connectivity index (χ0v) is 16.2. The van der Waals surface area contributed by atoms with Crippen LogP contribution in [0.2, 0.25) is 0 Å². The van der Waals surface area contributed by atoms with Gasteiger partial charge in [0.1, 0.15) is 12.0 Å². The van der Waals surface area contributed by atoms with Crippen LogP contribution < -0.4 is 16.0 Å². The SMILES string of the molecule is CNC1([C@@H](C)c2ccc3[nH]ccc3n2)N=CC=C(Nc2cc([C@H]3C[C@@H]3F)[nH]n2)N1. The molecule has 29 heavy (non-hydrogen) atoms. The number of aromatic nitrogens is 4. The summed E-state index contributed by atoms with van der Waals surface area (Å²) in [6.07, 6.45) is 5.28. The summed E-state index contributed by atoms with van der Waals surface area (Å²) in [5, 5.41) is 17.1. The van der Waals surface area contributed by atoms with Gasteiger partial charge in [-0.1, -0.05) is 6.92 Å². The van der Waals surface area contributed by atoms with Gasteiger partial charge in [0.05, 0.1) is 17.0 Å². The number of anilines is 1. The highest BCUT2D eigenvalue weighted by Gasteiger charge is 2.40. The number of aromatic amines is 2. The number of H-pyrrole nitrogens is 2. The molecule has 4 atom stereocenters. The molecule has 3 aromatic rings. The first kappa shape index (κ1) is 17.9. The second kappa shape index (κ2) is 6.70. The molecule has 5 rings (SSSR count). The van der Waals surface area contributed by atoms with E-state index in [1.54, 1.807) is 6.21 Å². The van der Waals surface area contributed by atoms with Gasteiger partial charge < -0.3 is 15.6 Å². The summed E-state index contributed by atoms with van der Waals surface area (Å²) in [7, 11) is 1.86. The topological polar surface area (TPSA) is 106 Å². The Hall–Kier alpha value is -3.20. The average Bonchev–Trinajstić information content (AvgIpc) is 3.12. The normalized spacial score (nSPS) is 26.8. The highest BCUT2D eigenvalue weighted by molar-refractivity contribution is 5.76. The maximum atomic E-state index is 13.3. The third-order valence-electron chi connectivity index (χ3n) is 5.69. The number of hydrogen-bond acceptors (Lipinski definition) is 6. The zero-order chi connectivity index (χ0) is 20.0. The van der Waals surface area contributed by atoms with E-state index in [9.17, 15) is 4.39 Å². The first-order valence-corrected chi connectivity index (χ1v) is 9.71. The van der Waals surface area contributed by atoms with Crippen molar-refractivity contribution < 1.29 is 4.39 Å². The van der Waals surface area contributed by atoms with Crippen LogP contribution in [0.5, 0.6) is 0 Å². The Balaban J connectivity index is 1.35. The molecule has 1 unspecified atom stereocenters. The van der Waals surface area contributed by atoms with E-state index in [1.165, 1.54) is 0 Å². The van der Waals surface area contributed by atoms with Crippen molar-refractivity contribution in [1.29, 1.82) is 0 Å². The minimum absolute atomic E-state index is 0.0567. The molecule has 0 amide bonds. The minimum atomic E-state index is -0.770. The van der Waals surface area contributed by atoms with E-state index >= 15 is 0 Å². The van der Waals surface area contributed by atoms with Gasteiger partial charge in [0, 0.05) is 35.8 Å². The third-order valence-corrected chi connectivity index (χ3v) is 5.69. The highest BCUT2D eigenvalue weighted by atomic mass is 19.1. The van der Waals surface area contributed by atoms with Gasteiger partial charge in [-0.15, -0.1) is 0 Å². The fourth-order valence-electron chi connectivity index (χ4n) is 3.76. The summed E-state index contributed by atoms with van der Waals surface area (Å²) < 4.78 is 13.3. The standard InChI is InChI=1S/C20H23FN8/c1-11(14-3-4-15-16(25-14)5-7-23-15)20(22-2)24-8-6-18(27-20)26-19-10-17(28-29-19)12-9-13(12)21/h3-8,10-13,22-23,27H,9H2,1-2H3,(H2,26,28,29)/t11-,12-,13-,20?/m0/s1. The molecule has 9 heteroatoms. The average molecular weight is 394 g/mol. The van der Waals surface area contributed by atoms with Crippen LogP contribution in [0.3, 0.4) is 0 Å². The second-order valence-corrected chi connectivity index (χ2v) is 7.56. The molecule has 0 aromatic carbocycles. The molecule has 8 nitrogen and oxygen atoms in total. The summed E-state index contributed by atoms with van der Waals surface area (Å²) >= 11 is 0. The number of pyridine rings is 1. The fourth-order valence-corrected chi connectivity index (χ4v) is 3.76. The van der Waals surface area contributed by atoms with Gasteiger partial charge in [-0.05, 0) is 37.7 Å². The van der Waals surface area contributed by atoms with Crippen LogP contribution >= 0.6 is 0 Å². The number of halogens is 1. The molecule has 0 spiro atoms. The van der Waals surface area contributed by atoms with Crippen molar-refractivity contribution >= 4 is 23.1 Å². The molecule has 0 radical (unpaired) electrons. The third kappa shape index (κ3) is 3.17. The van der Waals surface area contributed by atoms with E-state index < -0.39 is 12.0 Å². The summed E-state index contributed by atoms with van der Waals surface area (Å²) in [5.74, 6) is 0.487. The molecule has 1 saturated carbocycles. The predicted molar refractivity (Wildman–Crippen MR) is 110 cm³/mol. The molecule has 150 valence electrons. The van der Waals surface area contributed by atoms with E-state index in [1.807, 2.05) is 43.6 Å². The lowest BCUT2D eigenvalue weighted by Gasteiger charge is -2.38. The Morgan fingerprint density at radius 1 is 1.31 bits per heavy atom. The maximum Gasteiger partial charge on any atom is 0.193 e. The molecule has 0 saturated heterocycles. The summed E-state index contributed by atoms with van der Waals surface area (Å²) in [5.41, 5.74) is 3.66. The smallest absolute Gasteiger partial charge is 0.193 e. The molecule has 1 aliphatic heterocycles. The number of allylic oxidation sites excluding steroid dienone is 1. The number of nitrogens with one attached hydrogen (secondary N) is 5. The van der Waals surface area contributed by atoms with Crippen molar-refractivity contribution in [3.63, 3.8) is 0 Å². The van der Waals surface area contributed by atoms with Gasteiger partial charge in [0.25, 0.3) is 0 Å². The van der Waals surface area contributed by atoms with E-state index in [0.29, 0.717) is 12.2 Å². The van der Waals surface area contributed by atoms with Crippen molar-refractivity contribution in [3.8, 4) is 0 Å². The van der Waals surface area contributed by atoms with Crippen LogP contribution in [0.4, 0.5) is 10.2 Å². The Bertz CT molecular complexity index is 1100. The Morgan fingerprint density at radius 3 is 2.97 bits per heavy atom. The number of likely N-dealkylation sites (N-methyl/N-ethyl adjacent to an activating group) is 1. The van der Waals surface area contributed by atoms with Crippen LogP contribution in [-0.2, 0) is 0 Å². The molecule has 2 aliphatic rings. The first-order chi connectivity index (χ1) is 14.1. The first-order valence-electron chi connectivity index (χ1n) is 9.71. The van der Waals surface area contributed by atoms with E-state index in [2.05, 4.69) is 43.0 Å². The van der Waals surface area contributed by atoms with Crippen LogP contribution in [0, 0.1) is 0 Å². The lowest BCUT2D eigenvalue weighted by molar-refractivity contribution is 0.260. The number of rotatable bonds is 6. The lowest BCUT2D eigenvalue weighted by atomic mass is 9.97. The summed E-state index contributed by atoms with van der Waals surface area (Å²) in [6, 6.07) is 7.85. The molecule has 1 aliphatic carbocycles. The number of nitrogens with zero attached hydrogens (tertiary/aromatic N) is 3. The Labute approximate surface area is 167 Å². The molecule has 5 N–H and O–H groups in total. The van der Waals surface area contributed by atoms with Crippen molar-refractivity contribution in [2.24, 2.45) is 4.99 Å². The zero-order valence-electron chi connectivity index (χ0n) is 16.2. The van der Waals surface area contributed by atoms with Gasteiger partial charge in [0.15, 0.2) is 11.6 Å². The quantitative estimate of drug-likeness (QED) is 0.442. The van der Waals surface area contributed by atoms with Gasteiger partial charge in [0.2, 0.25) is 0 Å². The molecule has 3 aromatic heterocycles. The molecule has 0 bridgehead atoms. The highest BCUT2D eigenvalue weighted by Crippen LogP contribution is 2.43. The lowest BCUT2D eigenvalue weighted by Crippen LogP contribution is -2.59. The number of aliphatic imine (C=N–C) groups is 1. The number of alkyl halides is 1. The Morgan fingerprint density at radius 2 is 2.17 bits per heavy atom. The summed E-state index contributed by atoms with van der Waals surface area (Å²) in [4.78, 5) is 12.6. The van der Waals surface area contributed by atoms with E-state index in [0.717, 1.165) is 28.2 Å². The summed E-state index contributed by atoms with van der Waals surface area (Å²) in [6.45, 7) is 2.08. The van der Waals surface area contributed by atoms with Gasteiger partial charge in [-0.25, -0.2) is 9.38 Å². The minimum Gasteiger partial charge on any atom is -0.360 e. The maximum absolute atomic E-state index is 13.3. The molecular weight excluding hydrogens is 371 g/mol.